The summed E-state index contributed by atoms with van der Waals surface area (Å²) in [5.74, 6) is 1.80. The Balaban J connectivity index is 1.34. The maximum Gasteiger partial charge on any atom is 0.233 e. The van der Waals surface area contributed by atoms with E-state index < -0.39 is 9.84 Å². The van der Waals surface area contributed by atoms with Crippen LogP contribution in [0.3, 0.4) is 0 Å². The summed E-state index contributed by atoms with van der Waals surface area (Å²) in [5, 5.41) is 9.56. The van der Waals surface area contributed by atoms with E-state index in [2.05, 4.69) is 45.6 Å². The molecule has 32 heavy (non-hydrogen) atoms. The molecule has 0 radical (unpaired) electrons. The summed E-state index contributed by atoms with van der Waals surface area (Å²) < 4.78 is 25.6. The number of carbonyl (C=O) groups is 1. The number of aryl methyl sites for hydroxylation is 1. The summed E-state index contributed by atoms with van der Waals surface area (Å²) in [6, 6.07) is 8.33. The second kappa shape index (κ2) is 9.93. The van der Waals surface area contributed by atoms with Crippen LogP contribution in [0.5, 0.6) is 0 Å². The number of rotatable bonds is 7. The third-order valence-corrected chi connectivity index (χ3v) is 8.86. The van der Waals surface area contributed by atoms with Crippen molar-refractivity contribution in [1.82, 2.24) is 24.6 Å². The van der Waals surface area contributed by atoms with Crippen molar-refractivity contribution in [2.24, 2.45) is 0 Å². The van der Waals surface area contributed by atoms with Crippen LogP contribution in [-0.4, -0.2) is 88.4 Å². The van der Waals surface area contributed by atoms with E-state index in [4.69, 9.17) is 0 Å². The first-order valence-electron chi connectivity index (χ1n) is 11.2. The lowest BCUT2D eigenvalue weighted by atomic mass is 10.1. The number of thioether (sulfide) groups is 1. The molecule has 1 aromatic carbocycles. The maximum absolute atomic E-state index is 12.8. The highest BCUT2D eigenvalue weighted by molar-refractivity contribution is 7.99. The fourth-order valence-electron chi connectivity index (χ4n) is 4.44. The molecule has 8 nitrogen and oxygen atoms in total. The van der Waals surface area contributed by atoms with Gasteiger partial charge in [-0.2, -0.15) is 0 Å². The van der Waals surface area contributed by atoms with Crippen molar-refractivity contribution in [1.29, 1.82) is 0 Å². The normalized spacial score (nSPS) is 21.2. The van der Waals surface area contributed by atoms with Crippen molar-refractivity contribution in [2.75, 3.05) is 43.4 Å². The number of benzene rings is 1. The Kier molecular flexibility index (Phi) is 7.21. The van der Waals surface area contributed by atoms with Crippen LogP contribution >= 0.6 is 11.8 Å². The molecule has 0 N–H and O–H groups in total. The zero-order valence-corrected chi connectivity index (χ0v) is 20.4. The molecule has 10 heteroatoms. The minimum absolute atomic E-state index is 0.0943. The van der Waals surface area contributed by atoms with E-state index in [1.54, 1.807) is 0 Å². The topological polar surface area (TPSA) is 88.4 Å². The Labute approximate surface area is 194 Å². The van der Waals surface area contributed by atoms with Crippen LogP contribution in [-0.2, 0) is 21.2 Å². The number of piperazine rings is 1. The summed E-state index contributed by atoms with van der Waals surface area (Å²) in [6.07, 6.45) is 1.67. The number of amides is 1. The van der Waals surface area contributed by atoms with Crippen LogP contribution in [0.2, 0.25) is 0 Å². The van der Waals surface area contributed by atoms with Crippen LogP contribution in [0.1, 0.15) is 25.3 Å². The van der Waals surface area contributed by atoms with E-state index in [-0.39, 0.29) is 23.5 Å². The van der Waals surface area contributed by atoms with Crippen molar-refractivity contribution in [3.8, 4) is 11.4 Å². The van der Waals surface area contributed by atoms with Gasteiger partial charge in [-0.15, -0.1) is 10.2 Å². The summed E-state index contributed by atoms with van der Waals surface area (Å²) in [6.45, 7) is 7.74. The van der Waals surface area contributed by atoms with Gasteiger partial charge in [0.2, 0.25) is 5.91 Å². The molecule has 1 aromatic heterocycles. The molecule has 174 valence electrons. The molecule has 2 saturated heterocycles. The molecule has 1 unspecified atom stereocenters. The summed E-state index contributed by atoms with van der Waals surface area (Å²) >= 11 is 1.44. The Morgan fingerprint density at radius 1 is 1.19 bits per heavy atom. The number of hydrogen-bond donors (Lipinski definition) is 0. The maximum atomic E-state index is 12.8. The average molecular weight is 478 g/mol. The van der Waals surface area contributed by atoms with E-state index in [1.165, 1.54) is 17.3 Å². The summed E-state index contributed by atoms with van der Waals surface area (Å²) in [5.41, 5.74) is 2.21. The van der Waals surface area contributed by atoms with Crippen LogP contribution in [0.25, 0.3) is 11.4 Å². The molecule has 1 amide bonds. The Morgan fingerprint density at radius 2 is 1.97 bits per heavy atom. The van der Waals surface area contributed by atoms with E-state index in [0.717, 1.165) is 42.6 Å². The molecule has 0 bridgehead atoms. The largest absolute Gasteiger partial charge is 0.339 e. The van der Waals surface area contributed by atoms with Gasteiger partial charge >= 0.3 is 0 Å². The smallest absolute Gasteiger partial charge is 0.233 e. The van der Waals surface area contributed by atoms with Gasteiger partial charge in [0.05, 0.1) is 17.3 Å². The third-order valence-electron chi connectivity index (χ3n) is 6.16. The standard InChI is InChI=1S/C22H31N5O3S2/c1-3-8-27-21(18-6-4-5-17(2)14-18)23-24-22(27)31-15-20(28)26-11-9-25(10-12-26)19-7-13-32(29,30)16-19/h4-6,14,19H,3,7-13,15-16H2,1-2H3. The van der Waals surface area contributed by atoms with Crippen LogP contribution in [0.15, 0.2) is 29.4 Å². The zero-order chi connectivity index (χ0) is 22.7. The van der Waals surface area contributed by atoms with Gasteiger partial charge in [-0.25, -0.2) is 8.42 Å². The summed E-state index contributed by atoms with van der Waals surface area (Å²) in [7, 11) is -2.88. The monoisotopic (exact) mass is 477 g/mol. The number of hydrogen-bond acceptors (Lipinski definition) is 7. The number of sulfone groups is 1. The first kappa shape index (κ1) is 23.3. The van der Waals surface area contributed by atoms with Crippen LogP contribution < -0.4 is 0 Å². The van der Waals surface area contributed by atoms with Gasteiger partial charge in [-0.05, 0) is 25.8 Å². The lowest BCUT2D eigenvalue weighted by Crippen LogP contribution is -2.52. The molecular formula is C22H31N5O3S2. The van der Waals surface area contributed by atoms with E-state index in [9.17, 15) is 13.2 Å². The van der Waals surface area contributed by atoms with E-state index >= 15 is 0 Å². The van der Waals surface area contributed by atoms with E-state index in [0.29, 0.717) is 25.3 Å². The average Bonchev–Trinajstić information content (AvgIpc) is 3.35. The molecule has 4 rings (SSSR count). The Hall–Kier alpha value is -1.91. The lowest BCUT2D eigenvalue weighted by Gasteiger charge is -2.37. The van der Waals surface area contributed by atoms with Crippen molar-refractivity contribution in [3.63, 3.8) is 0 Å². The van der Waals surface area contributed by atoms with Gasteiger partial charge in [0.15, 0.2) is 20.8 Å². The zero-order valence-electron chi connectivity index (χ0n) is 18.7. The number of nitrogens with zero attached hydrogens (tertiary/aromatic N) is 5. The van der Waals surface area contributed by atoms with Gasteiger partial charge < -0.3 is 9.47 Å². The first-order chi connectivity index (χ1) is 15.4. The highest BCUT2D eigenvalue weighted by Gasteiger charge is 2.34. The van der Waals surface area contributed by atoms with Crippen molar-refractivity contribution in [3.05, 3.63) is 29.8 Å². The van der Waals surface area contributed by atoms with Crippen molar-refractivity contribution in [2.45, 2.75) is 44.4 Å². The Morgan fingerprint density at radius 3 is 2.62 bits per heavy atom. The van der Waals surface area contributed by atoms with Gasteiger partial charge in [0.1, 0.15) is 0 Å². The van der Waals surface area contributed by atoms with Gasteiger partial charge in [-0.1, -0.05) is 42.4 Å². The van der Waals surface area contributed by atoms with Crippen molar-refractivity contribution < 1.29 is 13.2 Å². The molecule has 2 fully saturated rings. The predicted octanol–water partition coefficient (Wildman–Crippen LogP) is 2.09. The number of carbonyl (C=O) groups excluding carboxylic acids is 1. The molecular weight excluding hydrogens is 446 g/mol. The minimum Gasteiger partial charge on any atom is -0.339 e. The van der Waals surface area contributed by atoms with E-state index in [1.807, 2.05) is 17.0 Å². The molecule has 2 aliphatic heterocycles. The second-order valence-corrected chi connectivity index (χ2v) is 11.8. The third kappa shape index (κ3) is 5.35. The summed E-state index contributed by atoms with van der Waals surface area (Å²) in [4.78, 5) is 16.9. The molecule has 2 aliphatic rings. The van der Waals surface area contributed by atoms with Gasteiger partial charge in [0, 0.05) is 44.3 Å². The fourth-order valence-corrected chi connectivity index (χ4v) is 7.06. The molecule has 3 heterocycles. The molecule has 0 spiro atoms. The van der Waals surface area contributed by atoms with Crippen LogP contribution in [0, 0.1) is 6.92 Å². The quantitative estimate of drug-likeness (QED) is 0.564. The van der Waals surface area contributed by atoms with Gasteiger partial charge in [-0.3, -0.25) is 9.69 Å². The molecule has 1 atom stereocenters. The highest BCUT2D eigenvalue weighted by Crippen LogP contribution is 2.26. The fraction of sp³-hybridized carbons (Fsp3) is 0.591. The second-order valence-electron chi connectivity index (χ2n) is 8.59. The lowest BCUT2D eigenvalue weighted by molar-refractivity contribution is -0.130. The molecule has 0 saturated carbocycles. The SMILES string of the molecule is CCCn1c(SCC(=O)N2CCN(C3CCS(=O)(=O)C3)CC2)nnc1-c1cccc(C)c1. The highest BCUT2D eigenvalue weighted by atomic mass is 32.2. The molecule has 2 aromatic rings. The first-order valence-corrected chi connectivity index (χ1v) is 14.0. The number of aromatic nitrogens is 3. The molecule has 0 aliphatic carbocycles. The van der Waals surface area contributed by atoms with Crippen LogP contribution in [0.4, 0.5) is 0 Å². The minimum atomic E-state index is -2.88. The predicted molar refractivity (Wildman–Crippen MR) is 126 cm³/mol. The van der Waals surface area contributed by atoms with Gasteiger partial charge in [0.25, 0.3) is 0 Å². The van der Waals surface area contributed by atoms with Crippen molar-refractivity contribution >= 4 is 27.5 Å². The Bertz CT molecular complexity index is 1060.